The van der Waals surface area contributed by atoms with E-state index in [0.717, 1.165) is 43.1 Å². The number of hydrogen-bond acceptors (Lipinski definition) is 4. The molecule has 6 nitrogen and oxygen atoms in total. The fourth-order valence-corrected chi connectivity index (χ4v) is 3.70. The first-order chi connectivity index (χ1) is 13.2. The zero-order valence-corrected chi connectivity index (χ0v) is 15.6. The monoisotopic (exact) mass is 381 g/mol. The summed E-state index contributed by atoms with van der Waals surface area (Å²) in [5.41, 5.74) is 2.66. The lowest BCUT2D eigenvalue weighted by molar-refractivity contribution is 0.0754. The molecule has 2 heterocycles. The van der Waals surface area contributed by atoms with Gasteiger partial charge in [-0.3, -0.25) is 4.79 Å². The van der Waals surface area contributed by atoms with E-state index in [9.17, 15) is 4.79 Å². The van der Waals surface area contributed by atoms with E-state index in [1.807, 2.05) is 41.3 Å². The van der Waals surface area contributed by atoms with Crippen LogP contribution in [-0.4, -0.2) is 44.1 Å². The average Bonchev–Trinajstić information content (AvgIpc) is 3.13. The van der Waals surface area contributed by atoms with E-state index < -0.39 is 0 Å². The highest BCUT2D eigenvalue weighted by Crippen LogP contribution is 2.28. The Bertz CT molecular complexity index is 910. The summed E-state index contributed by atoms with van der Waals surface area (Å²) in [4.78, 5) is 15.1. The van der Waals surface area contributed by atoms with Crippen molar-refractivity contribution in [2.24, 2.45) is 0 Å². The highest BCUT2D eigenvalue weighted by Gasteiger charge is 2.24. The fourth-order valence-electron chi connectivity index (χ4n) is 3.58. The quantitative estimate of drug-likeness (QED) is 0.693. The van der Waals surface area contributed by atoms with Crippen LogP contribution in [0.25, 0.3) is 5.69 Å². The van der Waals surface area contributed by atoms with Gasteiger partial charge in [-0.15, -0.1) is 5.10 Å². The molecule has 27 heavy (non-hydrogen) atoms. The van der Waals surface area contributed by atoms with Gasteiger partial charge in [0, 0.05) is 29.6 Å². The first-order valence-electron chi connectivity index (χ1n) is 9.09. The molecule has 1 aliphatic rings. The predicted molar refractivity (Wildman–Crippen MR) is 103 cm³/mol. The van der Waals surface area contributed by atoms with Crippen molar-refractivity contribution in [2.45, 2.75) is 25.2 Å². The number of benzene rings is 2. The molecule has 0 radical (unpaired) electrons. The number of rotatable bonds is 3. The zero-order valence-electron chi connectivity index (χ0n) is 14.8. The van der Waals surface area contributed by atoms with Gasteiger partial charge in [0.05, 0.1) is 5.69 Å². The summed E-state index contributed by atoms with van der Waals surface area (Å²) in [6.45, 7) is 1.49. The second kappa shape index (κ2) is 7.88. The van der Waals surface area contributed by atoms with E-state index in [2.05, 4.69) is 27.7 Å². The SMILES string of the molecule is O=C(c1cccc(-n2cnnn2)c1)N1CCCCC(c2ccc(Cl)cc2)C1. The van der Waals surface area contributed by atoms with Gasteiger partial charge in [-0.05, 0) is 59.2 Å². The second-order valence-electron chi connectivity index (χ2n) is 6.80. The second-order valence-corrected chi connectivity index (χ2v) is 7.24. The third-order valence-electron chi connectivity index (χ3n) is 5.01. The molecular weight excluding hydrogens is 362 g/mol. The zero-order chi connectivity index (χ0) is 18.6. The van der Waals surface area contributed by atoms with Crippen LogP contribution in [0.4, 0.5) is 0 Å². The van der Waals surface area contributed by atoms with Gasteiger partial charge < -0.3 is 4.90 Å². The molecule has 138 valence electrons. The highest BCUT2D eigenvalue weighted by atomic mass is 35.5. The number of nitrogens with zero attached hydrogens (tertiary/aromatic N) is 5. The molecule has 1 aliphatic heterocycles. The third-order valence-corrected chi connectivity index (χ3v) is 5.26. The average molecular weight is 382 g/mol. The molecule has 3 aromatic rings. The van der Waals surface area contributed by atoms with Crippen molar-refractivity contribution in [3.8, 4) is 5.69 Å². The smallest absolute Gasteiger partial charge is 0.253 e. The Hall–Kier alpha value is -2.73. The number of tetrazole rings is 1. The van der Waals surface area contributed by atoms with Crippen molar-refractivity contribution in [2.75, 3.05) is 13.1 Å². The molecule has 0 N–H and O–H groups in total. The van der Waals surface area contributed by atoms with Gasteiger partial charge in [0.2, 0.25) is 0 Å². The van der Waals surface area contributed by atoms with Gasteiger partial charge in [0.15, 0.2) is 0 Å². The van der Waals surface area contributed by atoms with Gasteiger partial charge in [0.1, 0.15) is 6.33 Å². The van der Waals surface area contributed by atoms with E-state index in [0.29, 0.717) is 11.5 Å². The number of halogens is 1. The Morgan fingerprint density at radius 1 is 1.11 bits per heavy atom. The predicted octanol–water partition coefficient (Wildman–Crippen LogP) is 3.73. The fraction of sp³-hybridized carbons (Fsp3) is 0.300. The van der Waals surface area contributed by atoms with E-state index in [-0.39, 0.29) is 5.91 Å². The lowest BCUT2D eigenvalue weighted by atomic mass is 9.94. The molecule has 0 spiro atoms. The number of carbonyl (C=O) groups is 1. The molecule has 7 heteroatoms. The molecule has 1 saturated heterocycles. The Morgan fingerprint density at radius 3 is 2.74 bits per heavy atom. The number of carbonyl (C=O) groups excluding carboxylic acids is 1. The third kappa shape index (κ3) is 4.01. The normalized spacial score (nSPS) is 17.5. The van der Waals surface area contributed by atoms with Crippen LogP contribution in [0.1, 0.15) is 41.1 Å². The summed E-state index contributed by atoms with van der Waals surface area (Å²) >= 11 is 6.02. The molecule has 1 fully saturated rings. The van der Waals surface area contributed by atoms with Crippen LogP contribution in [0, 0.1) is 0 Å². The van der Waals surface area contributed by atoms with Gasteiger partial charge in [-0.25, -0.2) is 4.68 Å². The molecule has 1 aromatic heterocycles. The topological polar surface area (TPSA) is 63.9 Å². The van der Waals surface area contributed by atoms with E-state index in [4.69, 9.17) is 11.6 Å². The molecule has 0 bridgehead atoms. The van der Waals surface area contributed by atoms with Crippen LogP contribution in [0.3, 0.4) is 0 Å². The van der Waals surface area contributed by atoms with Gasteiger partial charge >= 0.3 is 0 Å². The number of hydrogen-bond donors (Lipinski definition) is 0. The van der Waals surface area contributed by atoms with Gasteiger partial charge in [-0.2, -0.15) is 0 Å². The summed E-state index contributed by atoms with van der Waals surface area (Å²) in [5.74, 6) is 0.377. The van der Waals surface area contributed by atoms with Crippen LogP contribution < -0.4 is 0 Å². The first-order valence-corrected chi connectivity index (χ1v) is 9.47. The van der Waals surface area contributed by atoms with Gasteiger partial charge in [0.25, 0.3) is 5.91 Å². The van der Waals surface area contributed by atoms with Crippen LogP contribution in [-0.2, 0) is 0 Å². The van der Waals surface area contributed by atoms with Gasteiger partial charge in [-0.1, -0.05) is 36.2 Å². The number of amides is 1. The van der Waals surface area contributed by atoms with E-state index in [1.54, 1.807) is 4.68 Å². The Morgan fingerprint density at radius 2 is 1.96 bits per heavy atom. The van der Waals surface area contributed by atoms with Crippen LogP contribution in [0.5, 0.6) is 0 Å². The summed E-state index contributed by atoms with van der Waals surface area (Å²) in [7, 11) is 0. The maximum absolute atomic E-state index is 13.1. The minimum atomic E-state index is 0.0470. The molecule has 2 aromatic carbocycles. The van der Waals surface area contributed by atoms with Crippen LogP contribution in [0.2, 0.25) is 5.02 Å². The Balaban J connectivity index is 1.55. The Labute approximate surface area is 162 Å². The minimum Gasteiger partial charge on any atom is -0.338 e. The first kappa shape index (κ1) is 17.7. The van der Waals surface area contributed by atoms with E-state index in [1.165, 1.54) is 11.9 Å². The lowest BCUT2D eigenvalue weighted by Gasteiger charge is -2.25. The number of likely N-dealkylation sites (tertiary alicyclic amines) is 1. The van der Waals surface area contributed by atoms with Crippen LogP contribution >= 0.6 is 11.6 Å². The van der Waals surface area contributed by atoms with Crippen molar-refractivity contribution >= 4 is 17.5 Å². The van der Waals surface area contributed by atoms with Crippen molar-refractivity contribution in [3.05, 3.63) is 71.0 Å². The molecular formula is C20H20ClN5O. The van der Waals surface area contributed by atoms with Crippen molar-refractivity contribution in [3.63, 3.8) is 0 Å². The highest BCUT2D eigenvalue weighted by molar-refractivity contribution is 6.30. The Kier molecular flexibility index (Phi) is 5.16. The summed E-state index contributed by atoms with van der Waals surface area (Å²) in [6.07, 6.45) is 4.73. The molecule has 0 aliphatic carbocycles. The van der Waals surface area contributed by atoms with Crippen molar-refractivity contribution in [1.82, 2.24) is 25.1 Å². The lowest BCUT2D eigenvalue weighted by Crippen LogP contribution is -2.34. The summed E-state index contributed by atoms with van der Waals surface area (Å²) < 4.78 is 1.55. The molecule has 1 atom stereocenters. The largest absolute Gasteiger partial charge is 0.338 e. The standard InChI is InChI=1S/C20H20ClN5O/c21-18-9-7-15(8-10-18)17-4-1-2-11-25(13-17)20(27)16-5-3-6-19(12-16)26-14-22-23-24-26/h3,5-10,12,14,17H,1-2,4,11,13H2. The maximum atomic E-state index is 13.1. The van der Waals surface area contributed by atoms with Crippen molar-refractivity contribution < 1.29 is 4.79 Å². The molecule has 1 amide bonds. The minimum absolute atomic E-state index is 0.0470. The number of aromatic nitrogens is 4. The summed E-state index contributed by atoms with van der Waals surface area (Å²) in [5, 5.41) is 11.9. The van der Waals surface area contributed by atoms with Crippen molar-refractivity contribution in [1.29, 1.82) is 0 Å². The molecule has 1 unspecified atom stereocenters. The maximum Gasteiger partial charge on any atom is 0.253 e. The van der Waals surface area contributed by atoms with Crippen LogP contribution in [0.15, 0.2) is 54.9 Å². The van der Waals surface area contributed by atoms with E-state index >= 15 is 0 Å². The summed E-state index contributed by atoms with van der Waals surface area (Å²) in [6, 6.07) is 15.4. The molecule has 0 saturated carbocycles. The molecule has 4 rings (SSSR count).